The van der Waals surface area contributed by atoms with Crippen molar-refractivity contribution >= 4 is 24.7 Å². The second-order valence-corrected chi connectivity index (χ2v) is 12.8. The van der Waals surface area contributed by atoms with E-state index < -0.39 is 8.32 Å². The van der Waals surface area contributed by atoms with Crippen molar-refractivity contribution in [2.24, 2.45) is 0 Å². The molecule has 0 spiro atoms. The number of esters is 1. The predicted octanol–water partition coefficient (Wildman–Crippen LogP) is 5.08. The monoisotopic (exact) mass is 412 g/mol. The zero-order valence-electron chi connectivity index (χ0n) is 18.4. The maximum atomic E-state index is 12.0. The van der Waals surface area contributed by atoms with Crippen molar-refractivity contribution in [1.29, 1.82) is 0 Å². The van der Waals surface area contributed by atoms with E-state index in [1.54, 1.807) is 0 Å². The minimum atomic E-state index is -2.55. The van der Waals surface area contributed by atoms with E-state index in [9.17, 15) is 4.79 Å². The van der Waals surface area contributed by atoms with E-state index in [2.05, 4.69) is 76.2 Å². The van der Waals surface area contributed by atoms with Gasteiger partial charge in [0.1, 0.15) is 6.61 Å². The molecule has 0 saturated heterocycles. The molecule has 2 rings (SSSR count). The molecule has 0 radical (unpaired) electrons. The van der Waals surface area contributed by atoms with Gasteiger partial charge in [0.25, 0.3) is 8.32 Å². The van der Waals surface area contributed by atoms with Crippen molar-refractivity contribution in [3.8, 4) is 0 Å². The Bertz CT molecular complexity index is 683. The second kappa shape index (κ2) is 11.3. The number of benzene rings is 2. The van der Waals surface area contributed by atoms with E-state index in [4.69, 9.17) is 9.16 Å². The summed E-state index contributed by atoms with van der Waals surface area (Å²) < 4.78 is 12.2. The van der Waals surface area contributed by atoms with Gasteiger partial charge in [0, 0.05) is 6.42 Å². The van der Waals surface area contributed by atoms with Gasteiger partial charge in [-0.2, -0.15) is 0 Å². The quantitative estimate of drug-likeness (QED) is 0.293. The van der Waals surface area contributed by atoms with E-state index in [0.717, 1.165) is 12.8 Å². The summed E-state index contributed by atoms with van der Waals surface area (Å²) in [5.41, 5.74) is 0. The van der Waals surface area contributed by atoms with Crippen LogP contribution in [0.3, 0.4) is 0 Å². The first-order valence-electron chi connectivity index (χ1n) is 10.8. The van der Waals surface area contributed by atoms with Crippen molar-refractivity contribution in [1.82, 2.24) is 0 Å². The molecule has 158 valence electrons. The van der Waals surface area contributed by atoms with Crippen LogP contribution in [0, 0.1) is 0 Å². The lowest BCUT2D eigenvalue weighted by Crippen LogP contribution is -2.66. The van der Waals surface area contributed by atoms with E-state index in [0.29, 0.717) is 19.6 Å². The molecule has 0 unspecified atom stereocenters. The third kappa shape index (κ3) is 6.28. The van der Waals surface area contributed by atoms with Crippen LogP contribution in [0.5, 0.6) is 0 Å². The number of carbonyl (C=O) groups excluding carboxylic acids is 1. The highest BCUT2D eigenvalue weighted by molar-refractivity contribution is 6.99. The molecular weight excluding hydrogens is 376 g/mol. The van der Waals surface area contributed by atoms with Crippen LogP contribution in [0.1, 0.15) is 59.8 Å². The van der Waals surface area contributed by atoms with Crippen molar-refractivity contribution in [2.75, 3.05) is 13.2 Å². The van der Waals surface area contributed by atoms with Crippen LogP contribution in [0.15, 0.2) is 60.7 Å². The fourth-order valence-electron chi connectivity index (χ4n) is 3.88. The maximum absolute atomic E-state index is 12.0. The van der Waals surface area contributed by atoms with Crippen molar-refractivity contribution in [2.45, 2.75) is 64.8 Å². The average Bonchev–Trinajstić information content (AvgIpc) is 2.72. The Kier molecular flexibility index (Phi) is 9.12. The van der Waals surface area contributed by atoms with Gasteiger partial charge in [-0.05, 0) is 21.8 Å². The van der Waals surface area contributed by atoms with Gasteiger partial charge in [0.2, 0.25) is 0 Å². The van der Waals surface area contributed by atoms with E-state index >= 15 is 0 Å². The molecule has 0 atom stereocenters. The molecule has 0 bridgehead atoms. The molecule has 0 aliphatic carbocycles. The molecule has 0 aliphatic rings. The summed E-state index contributed by atoms with van der Waals surface area (Å²) in [7, 11) is -2.55. The fourth-order valence-corrected chi connectivity index (χ4v) is 8.43. The van der Waals surface area contributed by atoms with Crippen LogP contribution in [-0.2, 0) is 14.0 Å². The molecule has 29 heavy (non-hydrogen) atoms. The number of carbonyl (C=O) groups is 1. The van der Waals surface area contributed by atoms with Gasteiger partial charge in [0.15, 0.2) is 0 Å². The zero-order valence-corrected chi connectivity index (χ0v) is 19.4. The van der Waals surface area contributed by atoms with Crippen LogP contribution in [0.4, 0.5) is 0 Å². The Morgan fingerprint density at radius 2 is 1.38 bits per heavy atom. The van der Waals surface area contributed by atoms with Gasteiger partial charge in [0.05, 0.1) is 6.61 Å². The smallest absolute Gasteiger partial charge is 0.305 e. The minimum Gasteiger partial charge on any atom is -0.463 e. The van der Waals surface area contributed by atoms with Gasteiger partial charge < -0.3 is 9.16 Å². The standard InChI is InChI=1S/C25H36O3Si/c1-5-6-7-14-19-24(26)27-20-21-28-29(25(2,3)4,22-15-10-8-11-16-22)23-17-12-9-13-18-23/h8-13,15-18H,5-7,14,19-21H2,1-4H3. The number of hydrogen-bond acceptors (Lipinski definition) is 3. The van der Waals surface area contributed by atoms with Crippen LogP contribution < -0.4 is 10.4 Å². The SMILES string of the molecule is CCCCCCC(=O)OCCO[Si](c1ccccc1)(c1ccccc1)C(C)(C)C. The molecule has 0 aromatic heterocycles. The van der Waals surface area contributed by atoms with Gasteiger partial charge >= 0.3 is 5.97 Å². The summed E-state index contributed by atoms with van der Waals surface area (Å²) in [6.45, 7) is 9.63. The fraction of sp³-hybridized carbons (Fsp3) is 0.480. The molecule has 0 aliphatic heterocycles. The molecule has 0 heterocycles. The van der Waals surface area contributed by atoms with Gasteiger partial charge in [-0.3, -0.25) is 4.79 Å². The third-order valence-electron chi connectivity index (χ3n) is 5.32. The van der Waals surface area contributed by atoms with E-state index in [1.165, 1.54) is 23.2 Å². The lowest BCUT2D eigenvalue weighted by molar-refractivity contribution is -0.144. The molecule has 2 aromatic carbocycles. The highest BCUT2D eigenvalue weighted by Crippen LogP contribution is 2.36. The zero-order chi connectivity index (χ0) is 21.2. The number of rotatable bonds is 11. The highest BCUT2D eigenvalue weighted by Gasteiger charge is 2.50. The first kappa shape index (κ1) is 23.4. The van der Waals surface area contributed by atoms with Crippen LogP contribution in [0.2, 0.25) is 5.04 Å². The molecule has 0 N–H and O–H groups in total. The van der Waals surface area contributed by atoms with Crippen molar-refractivity contribution < 1.29 is 14.0 Å². The lowest BCUT2D eigenvalue weighted by atomic mass is 10.2. The minimum absolute atomic E-state index is 0.0696. The van der Waals surface area contributed by atoms with Crippen molar-refractivity contribution in [3.63, 3.8) is 0 Å². The summed E-state index contributed by atoms with van der Waals surface area (Å²) in [6.07, 6.45) is 4.83. The second-order valence-electron chi connectivity index (χ2n) is 8.54. The first-order valence-corrected chi connectivity index (χ1v) is 12.7. The Labute approximate surface area is 177 Å². The molecule has 2 aromatic rings. The molecule has 0 fully saturated rings. The Hall–Kier alpha value is -1.91. The summed E-state index contributed by atoms with van der Waals surface area (Å²) in [5.74, 6) is -0.118. The van der Waals surface area contributed by atoms with Crippen molar-refractivity contribution in [3.05, 3.63) is 60.7 Å². The predicted molar refractivity (Wildman–Crippen MR) is 123 cm³/mol. The Morgan fingerprint density at radius 1 is 0.828 bits per heavy atom. The molecule has 3 nitrogen and oxygen atoms in total. The summed E-state index contributed by atoms with van der Waals surface area (Å²) >= 11 is 0. The van der Waals surface area contributed by atoms with E-state index in [-0.39, 0.29) is 11.0 Å². The Balaban J connectivity index is 2.12. The summed E-state index contributed by atoms with van der Waals surface area (Å²) in [5, 5.41) is 2.41. The third-order valence-corrected chi connectivity index (χ3v) is 10.4. The first-order chi connectivity index (χ1) is 13.9. The van der Waals surface area contributed by atoms with Crippen LogP contribution in [-0.4, -0.2) is 27.5 Å². The summed E-state index contributed by atoms with van der Waals surface area (Å²) in [6, 6.07) is 21.1. The number of hydrogen-bond donors (Lipinski definition) is 0. The molecule has 0 saturated carbocycles. The normalized spacial score (nSPS) is 12.0. The summed E-state index contributed by atoms with van der Waals surface area (Å²) in [4.78, 5) is 12.0. The van der Waals surface area contributed by atoms with Gasteiger partial charge in [-0.25, -0.2) is 0 Å². The maximum Gasteiger partial charge on any atom is 0.305 e. The molecular formula is C25H36O3Si. The molecule has 0 amide bonds. The molecule has 4 heteroatoms. The average molecular weight is 413 g/mol. The lowest BCUT2D eigenvalue weighted by Gasteiger charge is -2.43. The van der Waals surface area contributed by atoms with Gasteiger partial charge in [-0.15, -0.1) is 0 Å². The largest absolute Gasteiger partial charge is 0.463 e. The van der Waals surface area contributed by atoms with Crippen LogP contribution >= 0.6 is 0 Å². The Morgan fingerprint density at radius 3 is 1.86 bits per heavy atom. The van der Waals surface area contributed by atoms with Gasteiger partial charge in [-0.1, -0.05) is 108 Å². The van der Waals surface area contributed by atoms with E-state index in [1.807, 2.05) is 12.1 Å². The topological polar surface area (TPSA) is 35.5 Å². The van der Waals surface area contributed by atoms with Crippen LogP contribution in [0.25, 0.3) is 0 Å². The highest BCUT2D eigenvalue weighted by atomic mass is 28.4. The number of unbranched alkanes of at least 4 members (excludes halogenated alkanes) is 3. The number of ether oxygens (including phenoxy) is 1.